The lowest BCUT2D eigenvalue weighted by molar-refractivity contribution is -0.125. The number of anilines is 1. The van der Waals surface area contributed by atoms with Gasteiger partial charge in [-0.3, -0.25) is 10.1 Å². The molecule has 0 saturated carbocycles. The number of nitrogens with one attached hydrogen (secondary N) is 2. The molecule has 1 heterocycles. The van der Waals surface area contributed by atoms with E-state index in [1.54, 1.807) is 43.3 Å². The molecular formula is C23H16Cl2IN3O3S. The molecule has 1 unspecified atom stereocenters. The van der Waals surface area contributed by atoms with E-state index in [2.05, 4.69) is 38.2 Å². The molecule has 0 fully saturated rings. The first-order valence-corrected chi connectivity index (χ1v) is 11.9. The lowest BCUT2D eigenvalue weighted by Gasteiger charge is -2.16. The number of fused-ring (bicyclic) bond motifs is 1. The predicted molar refractivity (Wildman–Crippen MR) is 143 cm³/mol. The summed E-state index contributed by atoms with van der Waals surface area (Å²) in [5.74, 6) is 0.452. The smallest absolute Gasteiger partial charge is 0.266 e. The van der Waals surface area contributed by atoms with Crippen LogP contribution in [0.2, 0.25) is 10.0 Å². The van der Waals surface area contributed by atoms with Crippen LogP contribution in [-0.4, -0.2) is 22.1 Å². The summed E-state index contributed by atoms with van der Waals surface area (Å²) in [6.45, 7) is 1.59. The monoisotopic (exact) mass is 611 g/mol. The van der Waals surface area contributed by atoms with Gasteiger partial charge in [0.1, 0.15) is 11.3 Å². The van der Waals surface area contributed by atoms with Gasteiger partial charge in [-0.1, -0.05) is 29.3 Å². The molecule has 10 heteroatoms. The minimum atomic E-state index is -0.835. The molecule has 0 saturated heterocycles. The topological polar surface area (TPSA) is 76.4 Å². The molecule has 0 aliphatic heterocycles. The second-order valence-electron chi connectivity index (χ2n) is 6.99. The van der Waals surface area contributed by atoms with Crippen molar-refractivity contribution in [1.29, 1.82) is 0 Å². The van der Waals surface area contributed by atoms with Gasteiger partial charge < -0.3 is 14.5 Å². The van der Waals surface area contributed by atoms with Crippen LogP contribution in [0.4, 0.5) is 5.69 Å². The van der Waals surface area contributed by atoms with Crippen molar-refractivity contribution >= 4 is 85.8 Å². The Hall–Kier alpha value is -2.40. The predicted octanol–water partition coefficient (Wildman–Crippen LogP) is 6.69. The lowest BCUT2D eigenvalue weighted by atomic mass is 10.2. The fourth-order valence-corrected chi connectivity index (χ4v) is 4.16. The second kappa shape index (κ2) is 10.3. The molecule has 33 heavy (non-hydrogen) atoms. The van der Waals surface area contributed by atoms with Crippen LogP contribution in [0.15, 0.2) is 65.1 Å². The van der Waals surface area contributed by atoms with Gasteiger partial charge in [0.25, 0.3) is 5.91 Å². The summed E-state index contributed by atoms with van der Waals surface area (Å²) in [5, 5.41) is 6.50. The molecule has 0 spiro atoms. The van der Waals surface area contributed by atoms with Crippen molar-refractivity contribution in [2.45, 2.75) is 13.0 Å². The first-order valence-electron chi connectivity index (χ1n) is 9.68. The number of aromatic nitrogens is 1. The Morgan fingerprint density at radius 3 is 2.73 bits per heavy atom. The highest BCUT2D eigenvalue weighted by Gasteiger charge is 2.18. The summed E-state index contributed by atoms with van der Waals surface area (Å²) in [5.41, 5.74) is 2.86. The van der Waals surface area contributed by atoms with Crippen LogP contribution in [0.5, 0.6) is 5.75 Å². The van der Waals surface area contributed by atoms with Crippen molar-refractivity contribution in [2.24, 2.45) is 0 Å². The van der Waals surface area contributed by atoms with E-state index in [1.165, 1.54) is 0 Å². The van der Waals surface area contributed by atoms with Crippen LogP contribution in [0.25, 0.3) is 22.6 Å². The van der Waals surface area contributed by atoms with Gasteiger partial charge in [-0.2, -0.15) is 0 Å². The van der Waals surface area contributed by atoms with E-state index in [-0.39, 0.29) is 5.11 Å². The number of hydrogen-bond donors (Lipinski definition) is 2. The summed E-state index contributed by atoms with van der Waals surface area (Å²) < 4.78 is 12.6. The number of carbonyl (C=O) groups excluding carboxylic acids is 1. The van der Waals surface area contributed by atoms with Gasteiger partial charge in [0.05, 0.1) is 5.02 Å². The van der Waals surface area contributed by atoms with Crippen molar-refractivity contribution in [1.82, 2.24) is 10.3 Å². The Morgan fingerprint density at radius 1 is 1.15 bits per heavy atom. The van der Waals surface area contributed by atoms with Crippen molar-refractivity contribution in [2.75, 3.05) is 5.32 Å². The average Bonchev–Trinajstić information content (AvgIpc) is 3.19. The zero-order chi connectivity index (χ0) is 23.5. The number of carbonyl (C=O) groups is 1. The number of hydrogen-bond acceptors (Lipinski definition) is 5. The van der Waals surface area contributed by atoms with Crippen molar-refractivity contribution < 1.29 is 13.9 Å². The Kier molecular flexibility index (Phi) is 7.38. The minimum Gasteiger partial charge on any atom is -0.479 e. The molecule has 1 amide bonds. The van der Waals surface area contributed by atoms with E-state index >= 15 is 0 Å². The molecule has 4 rings (SSSR count). The van der Waals surface area contributed by atoms with Crippen molar-refractivity contribution in [3.8, 4) is 17.2 Å². The third-order valence-electron chi connectivity index (χ3n) is 4.52. The lowest BCUT2D eigenvalue weighted by Crippen LogP contribution is -2.42. The van der Waals surface area contributed by atoms with E-state index in [0.717, 1.165) is 9.13 Å². The van der Waals surface area contributed by atoms with E-state index in [1.807, 2.05) is 24.3 Å². The Morgan fingerprint density at radius 2 is 1.97 bits per heavy atom. The summed E-state index contributed by atoms with van der Waals surface area (Å²) >= 11 is 19.5. The van der Waals surface area contributed by atoms with Gasteiger partial charge in [0.15, 0.2) is 16.8 Å². The first kappa shape index (κ1) is 23.7. The molecular weight excluding hydrogens is 596 g/mol. The van der Waals surface area contributed by atoms with Crippen LogP contribution < -0.4 is 15.4 Å². The molecule has 0 radical (unpaired) electrons. The van der Waals surface area contributed by atoms with Crippen molar-refractivity contribution in [3.05, 3.63) is 74.3 Å². The number of rotatable bonds is 5. The van der Waals surface area contributed by atoms with E-state index in [4.69, 9.17) is 44.6 Å². The number of nitrogens with zero attached hydrogens (tertiary/aromatic N) is 1. The number of thiocarbonyl (C=S) groups is 1. The zero-order valence-corrected chi connectivity index (χ0v) is 21.6. The maximum absolute atomic E-state index is 12.5. The van der Waals surface area contributed by atoms with Gasteiger partial charge in [0.2, 0.25) is 5.89 Å². The third kappa shape index (κ3) is 5.94. The summed E-state index contributed by atoms with van der Waals surface area (Å²) in [4.78, 5) is 17.0. The summed E-state index contributed by atoms with van der Waals surface area (Å²) in [6.07, 6.45) is -0.835. The number of ether oxygens (including phenoxy) is 1. The molecule has 1 atom stereocenters. The Bertz CT molecular complexity index is 1360. The second-order valence-corrected chi connectivity index (χ2v) is 9.49. The largest absolute Gasteiger partial charge is 0.479 e. The molecule has 6 nitrogen and oxygen atoms in total. The Balaban J connectivity index is 1.40. The van der Waals surface area contributed by atoms with Gasteiger partial charge >= 0.3 is 0 Å². The highest BCUT2D eigenvalue weighted by Crippen LogP contribution is 2.29. The van der Waals surface area contributed by atoms with Crippen LogP contribution in [0.1, 0.15) is 6.92 Å². The van der Waals surface area contributed by atoms with Gasteiger partial charge in [-0.15, -0.1) is 0 Å². The van der Waals surface area contributed by atoms with Gasteiger partial charge in [-0.25, -0.2) is 4.98 Å². The molecule has 3 aromatic carbocycles. The molecule has 0 aliphatic carbocycles. The van der Waals surface area contributed by atoms with Crippen molar-refractivity contribution in [3.63, 3.8) is 0 Å². The maximum atomic E-state index is 12.5. The number of oxazole rings is 1. The molecule has 2 N–H and O–H groups in total. The highest BCUT2D eigenvalue weighted by molar-refractivity contribution is 14.1. The minimum absolute atomic E-state index is 0.123. The maximum Gasteiger partial charge on any atom is 0.266 e. The van der Waals surface area contributed by atoms with Crippen LogP contribution in [0.3, 0.4) is 0 Å². The van der Waals surface area contributed by atoms with Crippen LogP contribution in [0, 0.1) is 3.57 Å². The number of halogens is 3. The van der Waals surface area contributed by atoms with E-state index < -0.39 is 12.0 Å². The average molecular weight is 612 g/mol. The summed E-state index contributed by atoms with van der Waals surface area (Å²) in [7, 11) is 0. The van der Waals surface area contributed by atoms with Crippen LogP contribution in [-0.2, 0) is 4.79 Å². The third-order valence-corrected chi connectivity index (χ3v) is 5.93. The van der Waals surface area contributed by atoms with E-state index in [9.17, 15) is 4.79 Å². The normalized spacial score (nSPS) is 11.8. The van der Waals surface area contributed by atoms with Gasteiger partial charge in [-0.05, 0) is 96.3 Å². The molecule has 4 aromatic rings. The van der Waals surface area contributed by atoms with Crippen LogP contribution >= 0.6 is 58.0 Å². The standard InChI is InChI=1S/C23H16Cl2IN3O3S/c1-12(31-19-7-5-14(24)10-17(19)25)21(30)29-23(33)27-16-6-8-20-18(11-16)28-22(32-20)13-3-2-4-15(26)9-13/h2-12H,1H3,(H2,27,29,30,33). The zero-order valence-electron chi connectivity index (χ0n) is 17.1. The molecule has 1 aromatic heterocycles. The van der Waals surface area contributed by atoms with Gasteiger partial charge in [0, 0.05) is 19.8 Å². The Labute approximate surface area is 218 Å². The molecule has 168 valence electrons. The fraction of sp³-hybridized carbons (Fsp3) is 0.0870. The fourth-order valence-electron chi connectivity index (χ4n) is 2.94. The first-order chi connectivity index (χ1) is 15.8. The highest BCUT2D eigenvalue weighted by atomic mass is 127. The number of benzene rings is 3. The quantitative estimate of drug-likeness (QED) is 0.193. The molecule has 0 aliphatic rings. The summed E-state index contributed by atoms with van der Waals surface area (Å²) in [6, 6.07) is 18.0. The van der Waals surface area contributed by atoms with E-state index in [0.29, 0.717) is 38.5 Å². The number of amides is 1. The SMILES string of the molecule is CC(Oc1ccc(Cl)cc1Cl)C(=O)NC(=S)Nc1ccc2oc(-c3cccc(I)c3)nc2c1. The molecule has 0 bridgehead atoms.